The molecule has 2 N–H and O–H groups in total. The second kappa shape index (κ2) is 5.55. The zero-order chi connectivity index (χ0) is 9.52. The van der Waals surface area contributed by atoms with Crippen LogP contribution in [0.3, 0.4) is 0 Å². The SMILES string of the molecule is N#CCCCNC(=O)CC1CNC1. The molecule has 0 aliphatic carbocycles. The highest BCUT2D eigenvalue weighted by Gasteiger charge is 2.19. The summed E-state index contributed by atoms with van der Waals surface area (Å²) in [7, 11) is 0. The van der Waals surface area contributed by atoms with Crippen LogP contribution in [0.4, 0.5) is 0 Å². The third kappa shape index (κ3) is 3.90. The number of carbonyl (C=O) groups is 1. The van der Waals surface area contributed by atoms with Gasteiger partial charge in [0, 0.05) is 19.4 Å². The van der Waals surface area contributed by atoms with Gasteiger partial charge >= 0.3 is 0 Å². The van der Waals surface area contributed by atoms with E-state index in [1.54, 1.807) is 0 Å². The summed E-state index contributed by atoms with van der Waals surface area (Å²) in [5.74, 6) is 0.639. The van der Waals surface area contributed by atoms with Crippen molar-refractivity contribution in [1.29, 1.82) is 5.26 Å². The van der Waals surface area contributed by atoms with Gasteiger partial charge in [0.2, 0.25) is 5.91 Å². The Morgan fingerprint density at radius 1 is 1.62 bits per heavy atom. The normalized spacial score (nSPS) is 15.9. The summed E-state index contributed by atoms with van der Waals surface area (Å²) in [4.78, 5) is 11.2. The fraction of sp³-hybridized carbons (Fsp3) is 0.778. The first-order chi connectivity index (χ1) is 6.33. The smallest absolute Gasteiger partial charge is 0.220 e. The summed E-state index contributed by atoms with van der Waals surface area (Å²) in [6, 6.07) is 2.04. The van der Waals surface area contributed by atoms with Crippen molar-refractivity contribution in [3.8, 4) is 6.07 Å². The van der Waals surface area contributed by atoms with Crippen LogP contribution in [0.2, 0.25) is 0 Å². The molecule has 1 aliphatic heterocycles. The predicted molar refractivity (Wildman–Crippen MR) is 48.8 cm³/mol. The van der Waals surface area contributed by atoms with E-state index >= 15 is 0 Å². The van der Waals surface area contributed by atoms with Gasteiger partial charge in [0.25, 0.3) is 0 Å². The second-order valence-electron chi connectivity index (χ2n) is 3.34. The Morgan fingerprint density at radius 2 is 2.38 bits per heavy atom. The molecule has 0 saturated carbocycles. The van der Waals surface area contributed by atoms with E-state index in [4.69, 9.17) is 5.26 Å². The van der Waals surface area contributed by atoms with E-state index < -0.39 is 0 Å². The highest BCUT2D eigenvalue weighted by atomic mass is 16.1. The average Bonchev–Trinajstić information content (AvgIpc) is 2.06. The van der Waals surface area contributed by atoms with Gasteiger partial charge in [-0.25, -0.2) is 0 Å². The first-order valence-electron chi connectivity index (χ1n) is 4.67. The van der Waals surface area contributed by atoms with Crippen LogP contribution in [0.1, 0.15) is 19.3 Å². The van der Waals surface area contributed by atoms with E-state index in [1.165, 1.54) is 0 Å². The molecule has 0 aromatic heterocycles. The van der Waals surface area contributed by atoms with E-state index in [9.17, 15) is 4.79 Å². The molecule has 0 aromatic rings. The number of amides is 1. The Balaban J connectivity index is 1.94. The molecule has 0 bridgehead atoms. The first-order valence-corrected chi connectivity index (χ1v) is 4.67. The van der Waals surface area contributed by atoms with Crippen LogP contribution in [0, 0.1) is 17.2 Å². The van der Waals surface area contributed by atoms with Crippen molar-refractivity contribution < 1.29 is 4.79 Å². The van der Waals surface area contributed by atoms with Gasteiger partial charge in [-0.3, -0.25) is 4.79 Å². The lowest BCUT2D eigenvalue weighted by atomic mass is 9.99. The van der Waals surface area contributed by atoms with Crippen LogP contribution in [0.15, 0.2) is 0 Å². The fourth-order valence-electron chi connectivity index (χ4n) is 1.22. The molecule has 0 unspecified atom stereocenters. The largest absolute Gasteiger partial charge is 0.356 e. The lowest BCUT2D eigenvalue weighted by Gasteiger charge is -2.26. The monoisotopic (exact) mass is 181 g/mol. The Labute approximate surface area is 78.3 Å². The van der Waals surface area contributed by atoms with Crippen LogP contribution in [-0.2, 0) is 4.79 Å². The Hall–Kier alpha value is -1.08. The average molecular weight is 181 g/mol. The predicted octanol–water partition coefficient (Wildman–Crippen LogP) is 0.0159. The number of nitrogens with zero attached hydrogens (tertiary/aromatic N) is 1. The molecule has 1 rings (SSSR count). The van der Waals surface area contributed by atoms with Gasteiger partial charge in [0.15, 0.2) is 0 Å². The molecule has 1 fully saturated rings. The van der Waals surface area contributed by atoms with Crippen molar-refractivity contribution >= 4 is 5.91 Å². The summed E-state index contributed by atoms with van der Waals surface area (Å²) in [6.45, 7) is 2.56. The molecule has 4 nitrogen and oxygen atoms in total. The van der Waals surface area contributed by atoms with E-state index in [0.29, 0.717) is 25.3 Å². The number of nitrogens with one attached hydrogen (secondary N) is 2. The van der Waals surface area contributed by atoms with Crippen molar-refractivity contribution in [3.63, 3.8) is 0 Å². The van der Waals surface area contributed by atoms with E-state index in [-0.39, 0.29) is 5.91 Å². The molecular weight excluding hydrogens is 166 g/mol. The number of nitriles is 1. The summed E-state index contributed by atoms with van der Waals surface area (Å²) in [5.41, 5.74) is 0. The number of hydrogen-bond acceptors (Lipinski definition) is 3. The van der Waals surface area contributed by atoms with Crippen molar-refractivity contribution in [1.82, 2.24) is 10.6 Å². The third-order valence-electron chi connectivity index (χ3n) is 2.13. The summed E-state index contributed by atoms with van der Waals surface area (Å²) < 4.78 is 0. The number of hydrogen-bond donors (Lipinski definition) is 2. The van der Waals surface area contributed by atoms with Gasteiger partial charge in [0.05, 0.1) is 6.07 Å². The Bertz CT molecular complexity index is 205. The Morgan fingerprint density at radius 3 is 2.92 bits per heavy atom. The van der Waals surface area contributed by atoms with Gasteiger partial charge in [-0.1, -0.05) is 0 Å². The molecule has 4 heteroatoms. The minimum absolute atomic E-state index is 0.115. The molecular formula is C9H15N3O. The molecule has 0 spiro atoms. The molecule has 1 aliphatic rings. The number of rotatable bonds is 5. The van der Waals surface area contributed by atoms with Crippen molar-refractivity contribution in [3.05, 3.63) is 0 Å². The van der Waals surface area contributed by atoms with Crippen molar-refractivity contribution in [2.24, 2.45) is 5.92 Å². The van der Waals surface area contributed by atoms with Crippen LogP contribution in [-0.4, -0.2) is 25.5 Å². The van der Waals surface area contributed by atoms with Gasteiger partial charge in [-0.05, 0) is 25.4 Å². The zero-order valence-corrected chi connectivity index (χ0v) is 7.68. The van der Waals surface area contributed by atoms with Crippen LogP contribution < -0.4 is 10.6 Å². The van der Waals surface area contributed by atoms with Gasteiger partial charge in [0.1, 0.15) is 0 Å². The molecule has 72 valence electrons. The minimum atomic E-state index is 0.115. The molecule has 0 atom stereocenters. The summed E-state index contributed by atoms with van der Waals surface area (Å²) in [5, 5.41) is 14.2. The topological polar surface area (TPSA) is 64.9 Å². The van der Waals surface area contributed by atoms with Crippen LogP contribution in [0.5, 0.6) is 0 Å². The highest BCUT2D eigenvalue weighted by molar-refractivity contribution is 5.76. The third-order valence-corrected chi connectivity index (χ3v) is 2.13. The van der Waals surface area contributed by atoms with Gasteiger partial charge in [-0.2, -0.15) is 5.26 Å². The zero-order valence-electron chi connectivity index (χ0n) is 7.68. The molecule has 1 heterocycles. The maximum Gasteiger partial charge on any atom is 0.220 e. The summed E-state index contributed by atoms with van der Waals surface area (Å²) >= 11 is 0. The fourth-order valence-corrected chi connectivity index (χ4v) is 1.22. The molecule has 13 heavy (non-hydrogen) atoms. The summed E-state index contributed by atoms with van der Waals surface area (Å²) in [6.07, 6.45) is 1.90. The quantitative estimate of drug-likeness (QED) is 0.587. The molecule has 1 amide bonds. The Kier molecular flexibility index (Phi) is 4.27. The molecule has 0 aromatic carbocycles. The van der Waals surface area contributed by atoms with Gasteiger partial charge < -0.3 is 10.6 Å². The lowest BCUT2D eigenvalue weighted by Crippen LogP contribution is -2.44. The minimum Gasteiger partial charge on any atom is -0.356 e. The number of unbranched alkanes of at least 4 members (excludes halogenated alkanes) is 1. The van der Waals surface area contributed by atoms with E-state index in [1.807, 2.05) is 6.07 Å². The maximum absolute atomic E-state index is 11.2. The number of carbonyl (C=O) groups excluding carboxylic acids is 1. The standard InChI is InChI=1S/C9H15N3O/c10-3-1-2-4-12-9(13)5-8-6-11-7-8/h8,11H,1-2,4-7H2,(H,12,13). The first kappa shape index (κ1) is 10.0. The van der Waals surface area contributed by atoms with E-state index in [0.717, 1.165) is 19.5 Å². The highest BCUT2D eigenvalue weighted by Crippen LogP contribution is 2.07. The van der Waals surface area contributed by atoms with E-state index in [2.05, 4.69) is 10.6 Å². The van der Waals surface area contributed by atoms with Crippen LogP contribution >= 0.6 is 0 Å². The lowest BCUT2D eigenvalue weighted by molar-refractivity contribution is -0.122. The van der Waals surface area contributed by atoms with Crippen molar-refractivity contribution in [2.45, 2.75) is 19.3 Å². The molecule has 1 saturated heterocycles. The molecule has 0 radical (unpaired) electrons. The van der Waals surface area contributed by atoms with Crippen LogP contribution in [0.25, 0.3) is 0 Å². The maximum atomic E-state index is 11.2. The van der Waals surface area contributed by atoms with Gasteiger partial charge in [-0.15, -0.1) is 0 Å². The van der Waals surface area contributed by atoms with Crippen molar-refractivity contribution in [2.75, 3.05) is 19.6 Å². The second-order valence-corrected chi connectivity index (χ2v) is 3.34.